The van der Waals surface area contributed by atoms with Crippen LogP contribution in [0.1, 0.15) is 18.1 Å². The highest BCUT2D eigenvalue weighted by Crippen LogP contribution is 2.28. The van der Waals surface area contributed by atoms with Crippen molar-refractivity contribution >= 4 is 10.8 Å². The number of hydrogen-bond donors (Lipinski definition) is 3. The molecule has 0 heterocycles. The van der Waals surface area contributed by atoms with E-state index in [1.54, 1.807) is 24.3 Å². The van der Waals surface area contributed by atoms with Crippen LogP contribution in [-0.4, -0.2) is 28.0 Å². The molecule has 0 fully saturated rings. The number of benzene rings is 2. The van der Waals surface area contributed by atoms with Crippen LogP contribution in [0.2, 0.25) is 0 Å². The Balaban J connectivity index is 2.48. The maximum absolute atomic E-state index is 13.6. The first-order valence-corrected chi connectivity index (χ1v) is 5.79. The number of fused-ring (bicyclic) bond motifs is 1. The third kappa shape index (κ3) is 2.36. The Morgan fingerprint density at radius 1 is 1.00 bits per heavy atom. The van der Waals surface area contributed by atoms with E-state index in [1.807, 2.05) is 0 Å². The molecule has 0 aliphatic rings. The van der Waals surface area contributed by atoms with Gasteiger partial charge in [0.15, 0.2) is 0 Å². The van der Waals surface area contributed by atoms with E-state index in [2.05, 4.69) is 0 Å². The van der Waals surface area contributed by atoms with Gasteiger partial charge in [0, 0.05) is 12.0 Å². The fraction of sp³-hybridized carbons (Fsp3) is 0.286. The number of rotatable bonds is 4. The molecular formula is C14H15FO3. The fourth-order valence-corrected chi connectivity index (χ4v) is 2.04. The predicted molar refractivity (Wildman–Crippen MR) is 66.6 cm³/mol. The molecular weight excluding hydrogens is 235 g/mol. The predicted octanol–water partition coefficient (Wildman–Crippen LogP) is 1.76. The molecule has 0 amide bonds. The minimum absolute atomic E-state index is 0.0763. The number of hydrogen-bond acceptors (Lipinski definition) is 3. The molecule has 0 aliphatic heterocycles. The van der Waals surface area contributed by atoms with Gasteiger partial charge in [-0.1, -0.05) is 30.3 Å². The van der Waals surface area contributed by atoms with Gasteiger partial charge in [0.05, 0.1) is 6.10 Å². The van der Waals surface area contributed by atoms with Crippen molar-refractivity contribution in [3.8, 4) is 0 Å². The molecule has 3 N–H and O–H groups in total. The summed E-state index contributed by atoms with van der Waals surface area (Å²) in [5, 5.41) is 29.5. The smallest absolute Gasteiger partial charge is 0.131 e. The third-order valence-electron chi connectivity index (χ3n) is 3.01. The highest BCUT2D eigenvalue weighted by Gasteiger charge is 2.20. The van der Waals surface area contributed by atoms with Crippen LogP contribution in [0.15, 0.2) is 36.4 Å². The van der Waals surface area contributed by atoms with E-state index in [-0.39, 0.29) is 18.8 Å². The number of aliphatic hydroxyl groups is 3. The van der Waals surface area contributed by atoms with Crippen molar-refractivity contribution in [2.45, 2.75) is 18.6 Å². The van der Waals surface area contributed by atoms with Crippen LogP contribution in [0.25, 0.3) is 10.8 Å². The number of halogens is 1. The lowest BCUT2D eigenvalue weighted by Crippen LogP contribution is -2.19. The molecule has 3 nitrogen and oxygen atoms in total. The molecule has 2 unspecified atom stereocenters. The first-order chi connectivity index (χ1) is 8.65. The van der Waals surface area contributed by atoms with Crippen LogP contribution in [0.4, 0.5) is 4.39 Å². The standard InChI is InChI=1S/C14H15FO3/c15-12-6-5-11(14(18)13(17)7-8-16)9-3-1-2-4-10(9)12/h1-6,13-14,16-18H,7-8H2. The minimum atomic E-state index is -1.14. The van der Waals surface area contributed by atoms with E-state index in [1.165, 1.54) is 12.1 Å². The van der Waals surface area contributed by atoms with Gasteiger partial charge in [-0.2, -0.15) is 0 Å². The average Bonchev–Trinajstić information content (AvgIpc) is 2.39. The zero-order valence-electron chi connectivity index (χ0n) is 9.75. The van der Waals surface area contributed by atoms with Gasteiger partial charge in [0.2, 0.25) is 0 Å². The van der Waals surface area contributed by atoms with E-state index < -0.39 is 12.2 Å². The second-order valence-corrected chi connectivity index (χ2v) is 4.21. The summed E-state index contributed by atoms with van der Waals surface area (Å²) in [6.07, 6.45) is -2.13. The lowest BCUT2D eigenvalue weighted by atomic mass is 9.96. The monoisotopic (exact) mass is 250 g/mol. The molecule has 0 radical (unpaired) electrons. The Hall–Kier alpha value is -1.49. The van der Waals surface area contributed by atoms with Crippen molar-refractivity contribution in [2.24, 2.45) is 0 Å². The van der Waals surface area contributed by atoms with Crippen molar-refractivity contribution in [3.05, 3.63) is 47.8 Å². The van der Waals surface area contributed by atoms with Crippen LogP contribution in [0.5, 0.6) is 0 Å². The molecule has 96 valence electrons. The van der Waals surface area contributed by atoms with Crippen LogP contribution in [-0.2, 0) is 0 Å². The second kappa shape index (κ2) is 5.44. The summed E-state index contributed by atoms with van der Waals surface area (Å²) in [6.45, 7) is -0.211. The molecule has 0 aliphatic carbocycles. The van der Waals surface area contributed by atoms with Crippen molar-refractivity contribution < 1.29 is 19.7 Å². The highest BCUT2D eigenvalue weighted by atomic mass is 19.1. The molecule has 2 rings (SSSR count). The molecule has 2 atom stereocenters. The molecule has 0 saturated carbocycles. The van der Waals surface area contributed by atoms with Gasteiger partial charge in [-0.25, -0.2) is 4.39 Å². The molecule has 0 spiro atoms. The van der Waals surface area contributed by atoms with Gasteiger partial charge in [-0.15, -0.1) is 0 Å². The Kier molecular flexibility index (Phi) is 3.91. The summed E-state index contributed by atoms with van der Waals surface area (Å²) in [7, 11) is 0. The minimum Gasteiger partial charge on any atom is -0.396 e. The van der Waals surface area contributed by atoms with Crippen molar-refractivity contribution in [1.82, 2.24) is 0 Å². The molecule has 2 aromatic rings. The van der Waals surface area contributed by atoms with Crippen molar-refractivity contribution in [3.63, 3.8) is 0 Å². The largest absolute Gasteiger partial charge is 0.396 e. The molecule has 4 heteroatoms. The molecule has 0 saturated heterocycles. The first kappa shape index (κ1) is 13.0. The van der Waals surface area contributed by atoms with Crippen molar-refractivity contribution in [1.29, 1.82) is 0 Å². The molecule has 2 aromatic carbocycles. The average molecular weight is 250 g/mol. The van der Waals surface area contributed by atoms with Gasteiger partial charge in [0.1, 0.15) is 11.9 Å². The maximum Gasteiger partial charge on any atom is 0.131 e. The molecule has 18 heavy (non-hydrogen) atoms. The normalized spacial score (nSPS) is 14.7. The van der Waals surface area contributed by atoms with E-state index in [0.717, 1.165) is 0 Å². The van der Waals surface area contributed by atoms with E-state index in [0.29, 0.717) is 16.3 Å². The molecule has 0 bridgehead atoms. The Morgan fingerprint density at radius 3 is 2.33 bits per heavy atom. The first-order valence-electron chi connectivity index (χ1n) is 5.79. The second-order valence-electron chi connectivity index (χ2n) is 4.21. The Bertz CT molecular complexity index is 542. The molecule has 0 aromatic heterocycles. The third-order valence-corrected chi connectivity index (χ3v) is 3.01. The van der Waals surface area contributed by atoms with Gasteiger partial charge in [0.25, 0.3) is 0 Å². The summed E-state index contributed by atoms with van der Waals surface area (Å²) >= 11 is 0. The van der Waals surface area contributed by atoms with Gasteiger partial charge in [-0.3, -0.25) is 0 Å². The van der Waals surface area contributed by atoms with Gasteiger partial charge < -0.3 is 15.3 Å². The summed E-state index contributed by atoms with van der Waals surface area (Å²) in [5.41, 5.74) is 0.466. The summed E-state index contributed by atoms with van der Waals surface area (Å²) < 4.78 is 13.6. The maximum atomic E-state index is 13.6. The van der Waals surface area contributed by atoms with E-state index >= 15 is 0 Å². The number of aliphatic hydroxyl groups excluding tert-OH is 3. The topological polar surface area (TPSA) is 60.7 Å². The van der Waals surface area contributed by atoms with Crippen LogP contribution >= 0.6 is 0 Å². The van der Waals surface area contributed by atoms with Crippen molar-refractivity contribution in [2.75, 3.05) is 6.61 Å². The van der Waals surface area contributed by atoms with Crippen LogP contribution < -0.4 is 0 Å². The van der Waals surface area contributed by atoms with E-state index in [4.69, 9.17) is 5.11 Å². The zero-order chi connectivity index (χ0) is 13.1. The lowest BCUT2D eigenvalue weighted by molar-refractivity contribution is 0.00498. The highest BCUT2D eigenvalue weighted by molar-refractivity contribution is 5.86. The Labute approximate surface area is 104 Å². The quantitative estimate of drug-likeness (QED) is 0.774. The summed E-state index contributed by atoms with van der Waals surface area (Å²) in [4.78, 5) is 0. The SMILES string of the molecule is OCCC(O)C(O)c1ccc(F)c2ccccc12. The Morgan fingerprint density at radius 2 is 1.67 bits per heavy atom. The fourth-order valence-electron chi connectivity index (χ4n) is 2.04. The lowest BCUT2D eigenvalue weighted by Gasteiger charge is -2.19. The van der Waals surface area contributed by atoms with Gasteiger partial charge in [-0.05, 0) is 23.4 Å². The van der Waals surface area contributed by atoms with Crippen LogP contribution in [0.3, 0.4) is 0 Å². The summed E-state index contributed by atoms with van der Waals surface area (Å²) in [5.74, 6) is -0.363. The van der Waals surface area contributed by atoms with Crippen LogP contribution in [0, 0.1) is 5.82 Å². The zero-order valence-corrected chi connectivity index (χ0v) is 9.75. The van der Waals surface area contributed by atoms with E-state index in [9.17, 15) is 14.6 Å². The summed E-state index contributed by atoms with van der Waals surface area (Å²) in [6, 6.07) is 9.51. The van der Waals surface area contributed by atoms with Gasteiger partial charge >= 0.3 is 0 Å².